The van der Waals surface area contributed by atoms with Gasteiger partial charge in [-0.2, -0.15) is 0 Å². The molecule has 0 heterocycles. The van der Waals surface area contributed by atoms with Crippen LogP contribution < -0.4 is 16.2 Å². The van der Waals surface area contributed by atoms with E-state index in [2.05, 4.69) is 16.2 Å². The lowest BCUT2D eigenvalue weighted by atomic mass is 10.4. The Bertz CT molecular complexity index is 505. The highest BCUT2D eigenvalue weighted by molar-refractivity contribution is 8.00. The second-order valence-corrected chi connectivity index (χ2v) is 6.06. The van der Waals surface area contributed by atoms with Crippen LogP contribution in [0.3, 0.4) is 0 Å². The molecule has 0 saturated carbocycles. The van der Waals surface area contributed by atoms with E-state index in [1.807, 2.05) is 30.3 Å². The van der Waals surface area contributed by atoms with E-state index in [9.17, 15) is 14.4 Å². The molecular weight excluding hydrogens is 290 g/mol. The molecule has 1 aromatic carbocycles. The predicted molar refractivity (Wildman–Crippen MR) is 81.3 cm³/mol. The average molecular weight is 309 g/mol. The van der Waals surface area contributed by atoms with Crippen molar-refractivity contribution in [2.24, 2.45) is 0 Å². The summed E-state index contributed by atoms with van der Waals surface area (Å²) in [5, 5.41) is 2.03. The first-order valence-electron chi connectivity index (χ1n) is 6.52. The van der Waals surface area contributed by atoms with Gasteiger partial charge >= 0.3 is 11.8 Å². The number of hydrogen-bond donors (Lipinski definition) is 3. The number of thioether (sulfide) groups is 1. The van der Waals surface area contributed by atoms with Gasteiger partial charge in [0.2, 0.25) is 0 Å². The van der Waals surface area contributed by atoms with E-state index in [-0.39, 0.29) is 11.9 Å². The Hall–Kier alpha value is -2.02. The smallest absolute Gasteiger partial charge is 0.327 e. The van der Waals surface area contributed by atoms with Gasteiger partial charge in [-0.25, -0.2) is 0 Å². The largest absolute Gasteiger partial charge is 0.346 e. The minimum atomic E-state index is -0.894. The fourth-order valence-corrected chi connectivity index (χ4v) is 2.25. The van der Waals surface area contributed by atoms with Gasteiger partial charge in [0, 0.05) is 10.9 Å². The zero-order valence-electron chi connectivity index (χ0n) is 12.2. The highest BCUT2D eigenvalue weighted by Gasteiger charge is 2.18. The van der Waals surface area contributed by atoms with E-state index >= 15 is 0 Å². The van der Waals surface area contributed by atoms with Crippen LogP contribution in [0.25, 0.3) is 0 Å². The summed E-state index contributed by atoms with van der Waals surface area (Å²) in [7, 11) is 0. The SMILES string of the molecule is CC(C)NC(=O)C(=O)NNC(=O)[C@H](C)Sc1ccccc1. The minimum Gasteiger partial charge on any atom is -0.346 e. The number of hydrogen-bond acceptors (Lipinski definition) is 4. The second-order valence-electron chi connectivity index (χ2n) is 4.64. The van der Waals surface area contributed by atoms with Gasteiger partial charge in [0.25, 0.3) is 5.91 Å². The molecule has 0 radical (unpaired) electrons. The van der Waals surface area contributed by atoms with Crippen LogP contribution in [0, 0.1) is 0 Å². The summed E-state index contributed by atoms with van der Waals surface area (Å²) in [6.07, 6.45) is 0. The maximum atomic E-state index is 11.8. The summed E-state index contributed by atoms with van der Waals surface area (Å²) in [5.41, 5.74) is 4.33. The van der Waals surface area contributed by atoms with Crippen molar-refractivity contribution in [2.45, 2.75) is 37.0 Å². The van der Waals surface area contributed by atoms with Crippen molar-refractivity contribution in [3.05, 3.63) is 30.3 Å². The molecule has 0 aliphatic carbocycles. The third-order valence-corrected chi connectivity index (χ3v) is 3.46. The molecule has 0 aliphatic heterocycles. The lowest BCUT2D eigenvalue weighted by Crippen LogP contribution is -2.51. The van der Waals surface area contributed by atoms with Gasteiger partial charge < -0.3 is 5.32 Å². The van der Waals surface area contributed by atoms with Gasteiger partial charge in [-0.15, -0.1) is 11.8 Å². The van der Waals surface area contributed by atoms with E-state index in [0.717, 1.165) is 4.90 Å². The molecule has 1 atom stereocenters. The van der Waals surface area contributed by atoms with Crippen LogP contribution in [0.15, 0.2) is 35.2 Å². The second kappa shape index (κ2) is 8.31. The first-order valence-corrected chi connectivity index (χ1v) is 7.40. The van der Waals surface area contributed by atoms with Gasteiger partial charge in [-0.1, -0.05) is 18.2 Å². The average Bonchev–Trinajstić information content (AvgIpc) is 2.44. The summed E-state index contributed by atoms with van der Waals surface area (Å²) in [6, 6.07) is 9.29. The normalized spacial score (nSPS) is 11.6. The molecule has 114 valence electrons. The van der Waals surface area contributed by atoms with Crippen molar-refractivity contribution < 1.29 is 14.4 Å². The van der Waals surface area contributed by atoms with Crippen molar-refractivity contribution in [3.8, 4) is 0 Å². The van der Waals surface area contributed by atoms with Crippen LogP contribution in [0.1, 0.15) is 20.8 Å². The van der Waals surface area contributed by atoms with Crippen LogP contribution >= 0.6 is 11.8 Å². The topological polar surface area (TPSA) is 87.3 Å². The molecule has 3 amide bonds. The molecule has 0 aliphatic rings. The van der Waals surface area contributed by atoms with Gasteiger partial charge in [0.15, 0.2) is 0 Å². The molecule has 0 fully saturated rings. The molecule has 0 unspecified atom stereocenters. The first kappa shape index (κ1) is 17.0. The summed E-state index contributed by atoms with van der Waals surface area (Å²) in [4.78, 5) is 35.5. The number of carbonyl (C=O) groups is 3. The van der Waals surface area contributed by atoms with Crippen LogP contribution in [0.2, 0.25) is 0 Å². The molecule has 21 heavy (non-hydrogen) atoms. The monoisotopic (exact) mass is 309 g/mol. The highest BCUT2D eigenvalue weighted by Crippen LogP contribution is 2.22. The van der Waals surface area contributed by atoms with Crippen molar-refractivity contribution in [1.82, 2.24) is 16.2 Å². The van der Waals surface area contributed by atoms with Gasteiger partial charge in [0.1, 0.15) is 0 Å². The molecule has 3 N–H and O–H groups in total. The Kier molecular flexibility index (Phi) is 6.74. The Balaban J connectivity index is 2.39. The third kappa shape index (κ3) is 6.31. The zero-order valence-corrected chi connectivity index (χ0v) is 13.0. The summed E-state index contributed by atoms with van der Waals surface area (Å²) in [5.74, 6) is -2.06. The van der Waals surface area contributed by atoms with Gasteiger partial charge in [0.05, 0.1) is 5.25 Å². The number of benzene rings is 1. The maximum absolute atomic E-state index is 11.8. The Morgan fingerprint density at radius 1 is 0.952 bits per heavy atom. The van der Waals surface area contributed by atoms with Crippen LogP contribution in [-0.4, -0.2) is 29.0 Å². The molecule has 6 nitrogen and oxygen atoms in total. The molecule has 0 spiro atoms. The molecule has 0 bridgehead atoms. The van der Waals surface area contributed by atoms with Crippen LogP contribution in [0.4, 0.5) is 0 Å². The molecule has 7 heteroatoms. The Labute approximate surface area is 128 Å². The Morgan fingerprint density at radius 2 is 1.57 bits per heavy atom. The molecular formula is C14H19N3O3S. The van der Waals surface area contributed by atoms with E-state index in [1.165, 1.54) is 11.8 Å². The number of amides is 3. The third-order valence-electron chi connectivity index (χ3n) is 2.35. The maximum Gasteiger partial charge on any atom is 0.327 e. The fraction of sp³-hybridized carbons (Fsp3) is 0.357. The quantitative estimate of drug-likeness (QED) is 0.437. The van der Waals surface area contributed by atoms with Crippen LogP contribution in [0.5, 0.6) is 0 Å². The highest BCUT2D eigenvalue weighted by atomic mass is 32.2. The number of hydrazine groups is 1. The van der Waals surface area contributed by atoms with E-state index in [1.54, 1.807) is 20.8 Å². The standard InChI is InChI=1S/C14H19N3O3S/c1-9(2)15-13(19)14(20)17-16-12(18)10(3)21-11-7-5-4-6-8-11/h4-10H,1-3H3,(H,15,19)(H,16,18)(H,17,20)/t10-/m0/s1. The Morgan fingerprint density at radius 3 is 2.14 bits per heavy atom. The van der Waals surface area contributed by atoms with E-state index in [4.69, 9.17) is 0 Å². The minimum absolute atomic E-state index is 0.147. The molecule has 0 saturated heterocycles. The lowest BCUT2D eigenvalue weighted by molar-refractivity contribution is -0.141. The van der Waals surface area contributed by atoms with Gasteiger partial charge in [-0.3, -0.25) is 25.2 Å². The van der Waals surface area contributed by atoms with Crippen molar-refractivity contribution >= 4 is 29.5 Å². The van der Waals surface area contributed by atoms with Crippen molar-refractivity contribution in [3.63, 3.8) is 0 Å². The predicted octanol–water partition coefficient (Wildman–Crippen LogP) is 0.839. The lowest BCUT2D eigenvalue weighted by Gasteiger charge is -2.13. The van der Waals surface area contributed by atoms with E-state index in [0.29, 0.717) is 0 Å². The zero-order chi connectivity index (χ0) is 15.8. The first-order chi connectivity index (χ1) is 9.90. The number of nitrogens with one attached hydrogen (secondary N) is 3. The summed E-state index contributed by atoms with van der Waals surface area (Å²) < 4.78 is 0. The molecule has 1 aromatic rings. The van der Waals surface area contributed by atoms with Crippen molar-refractivity contribution in [1.29, 1.82) is 0 Å². The molecule has 1 rings (SSSR count). The van der Waals surface area contributed by atoms with Gasteiger partial charge in [-0.05, 0) is 32.9 Å². The number of rotatable bonds is 4. The fourth-order valence-electron chi connectivity index (χ4n) is 1.36. The van der Waals surface area contributed by atoms with E-state index < -0.39 is 17.1 Å². The van der Waals surface area contributed by atoms with Crippen LogP contribution in [-0.2, 0) is 14.4 Å². The van der Waals surface area contributed by atoms with Crippen molar-refractivity contribution in [2.75, 3.05) is 0 Å². The number of carbonyl (C=O) groups excluding carboxylic acids is 3. The summed E-state index contributed by atoms with van der Waals surface area (Å²) in [6.45, 7) is 5.19. The molecule has 0 aromatic heterocycles. The summed E-state index contributed by atoms with van der Waals surface area (Å²) >= 11 is 1.36.